The SMILES string of the molecule is C1=CC2C=CC1C2.C1CCOC1.CC(C)(C)[PH+]1CCC[C@@H]1[C@H]1CCC[PH+]1C(C)(C)C.F[B-](F)(F)F.[Rh]. The van der Waals surface area contributed by atoms with Crippen molar-refractivity contribution in [2.75, 3.05) is 25.5 Å². The summed E-state index contributed by atoms with van der Waals surface area (Å²) in [4.78, 5) is 0. The average Bonchev–Trinajstić information content (AvgIpc) is 3.56. The molecule has 5 aliphatic rings. The van der Waals surface area contributed by atoms with Crippen molar-refractivity contribution in [3.63, 3.8) is 0 Å². The summed E-state index contributed by atoms with van der Waals surface area (Å²) in [6.45, 7) is 17.2. The maximum atomic E-state index is 9.75. The van der Waals surface area contributed by atoms with Crippen LogP contribution < -0.4 is 0 Å². The van der Waals surface area contributed by atoms with E-state index in [9.17, 15) is 17.3 Å². The third kappa shape index (κ3) is 12.7. The monoisotopic (exact) mass is 642 g/mol. The molecule has 1 nitrogen and oxygen atoms in total. The summed E-state index contributed by atoms with van der Waals surface area (Å²) < 4.78 is 43.9. The van der Waals surface area contributed by atoms with Gasteiger partial charge in [-0.15, -0.1) is 0 Å². The van der Waals surface area contributed by atoms with E-state index in [4.69, 9.17) is 4.74 Å². The normalized spacial score (nSPS) is 32.6. The second kappa shape index (κ2) is 15.5. The van der Waals surface area contributed by atoms with Gasteiger partial charge in [-0.1, -0.05) is 24.3 Å². The zero-order chi connectivity index (χ0) is 26.3. The molecule has 3 fully saturated rings. The van der Waals surface area contributed by atoms with Crippen molar-refractivity contribution >= 4 is 23.1 Å². The number of hydrogen-bond acceptors (Lipinski definition) is 1. The van der Waals surface area contributed by atoms with Crippen LogP contribution in [-0.4, -0.2) is 54.4 Å². The molecule has 3 saturated heterocycles. The molecule has 9 heteroatoms. The van der Waals surface area contributed by atoms with Crippen LogP contribution in [0.25, 0.3) is 0 Å². The Hall–Kier alpha value is 0.708. The fourth-order valence-electron chi connectivity index (χ4n) is 6.33. The summed E-state index contributed by atoms with van der Waals surface area (Å²) in [6, 6.07) is 0. The van der Waals surface area contributed by atoms with Crippen LogP contribution in [0.2, 0.25) is 0 Å². The number of fused-ring (bicyclic) bond motifs is 2. The summed E-state index contributed by atoms with van der Waals surface area (Å²) in [7, 11) is -6.23. The fraction of sp³-hybridized carbons (Fsp3) is 0.852. The van der Waals surface area contributed by atoms with Crippen molar-refractivity contribution in [3.8, 4) is 0 Å². The topological polar surface area (TPSA) is 9.23 Å². The zero-order valence-corrected chi connectivity index (χ0v) is 26.9. The van der Waals surface area contributed by atoms with Gasteiger partial charge in [0, 0.05) is 48.5 Å². The van der Waals surface area contributed by atoms with Gasteiger partial charge in [-0.3, -0.25) is 0 Å². The molecule has 3 aliphatic heterocycles. The van der Waals surface area contributed by atoms with Crippen molar-refractivity contribution in [3.05, 3.63) is 24.3 Å². The molecule has 2 unspecified atom stereocenters. The Bertz CT molecular complexity index is 615. The quantitative estimate of drug-likeness (QED) is 0.120. The Morgan fingerprint density at radius 2 is 1.00 bits per heavy atom. The van der Waals surface area contributed by atoms with Crippen LogP contribution in [0.3, 0.4) is 0 Å². The molecule has 2 aliphatic carbocycles. The summed E-state index contributed by atoms with van der Waals surface area (Å²) in [6.07, 6.45) is 22.6. The van der Waals surface area contributed by atoms with Crippen molar-refractivity contribution < 1.29 is 41.5 Å². The van der Waals surface area contributed by atoms with Crippen molar-refractivity contribution in [2.45, 2.75) is 108 Å². The van der Waals surface area contributed by atoms with E-state index in [0.29, 0.717) is 10.3 Å². The molecule has 0 aromatic rings. The summed E-state index contributed by atoms with van der Waals surface area (Å²) in [5.74, 6) is 1.62. The van der Waals surface area contributed by atoms with E-state index in [-0.39, 0.29) is 35.3 Å². The largest absolute Gasteiger partial charge is 0.673 e. The first kappa shape index (κ1) is 34.7. The number of allylic oxidation sites excluding steroid dienone is 4. The molecule has 3 heterocycles. The van der Waals surface area contributed by atoms with Gasteiger partial charge in [0.25, 0.3) is 0 Å². The summed E-state index contributed by atoms with van der Waals surface area (Å²) in [5, 5.41) is 1.28. The fourth-order valence-corrected chi connectivity index (χ4v) is 15.6. The van der Waals surface area contributed by atoms with E-state index in [2.05, 4.69) is 65.8 Å². The van der Waals surface area contributed by atoms with Gasteiger partial charge in [0.2, 0.25) is 0 Å². The number of ether oxygens (including phenoxy) is 1. The molecule has 0 amide bonds. The predicted octanol–water partition coefficient (Wildman–Crippen LogP) is 9.18. The van der Waals surface area contributed by atoms with Gasteiger partial charge in [0.05, 0.1) is 22.6 Å². The molecule has 2 bridgehead atoms. The molecule has 0 spiro atoms. The molecule has 36 heavy (non-hydrogen) atoms. The van der Waals surface area contributed by atoms with Crippen LogP contribution in [-0.2, 0) is 24.2 Å². The van der Waals surface area contributed by atoms with E-state index < -0.39 is 7.25 Å². The van der Waals surface area contributed by atoms with Gasteiger partial charge in [0.1, 0.15) is 11.3 Å². The van der Waals surface area contributed by atoms with Gasteiger partial charge >= 0.3 is 7.25 Å². The van der Waals surface area contributed by atoms with Crippen LogP contribution in [0.1, 0.15) is 86.5 Å². The Kier molecular flexibility index (Phi) is 14.9. The maximum absolute atomic E-state index is 9.75. The molecule has 1 radical (unpaired) electrons. The molecular formula is C27H50BF4OP2Rh+. The first-order valence-corrected chi connectivity index (χ1v) is 17.3. The molecule has 0 saturated carbocycles. The third-order valence-electron chi connectivity index (χ3n) is 7.81. The molecule has 0 aromatic carbocycles. The predicted molar refractivity (Wildman–Crippen MR) is 152 cm³/mol. The van der Waals surface area contributed by atoms with Crippen molar-refractivity contribution in [2.24, 2.45) is 11.8 Å². The van der Waals surface area contributed by atoms with Crippen LogP contribution >= 0.6 is 15.8 Å². The van der Waals surface area contributed by atoms with Crippen LogP contribution in [0.15, 0.2) is 24.3 Å². The van der Waals surface area contributed by atoms with E-state index in [1.54, 1.807) is 38.0 Å². The molecule has 0 aromatic heterocycles. The number of halogens is 4. The van der Waals surface area contributed by atoms with Gasteiger partial charge < -0.3 is 22.0 Å². The van der Waals surface area contributed by atoms with Crippen LogP contribution in [0, 0.1) is 11.8 Å². The van der Waals surface area contributed by atoms with Gasteiger partial charge in [-0.05, 0) is 98.3 Å². The number of rotatable bonds is 1. The summed E-state index contributed by atoms with van der Waals surface area (Å²) in [5.41, 5.74) is 2.34. The van der Waals surface area contributed by atoms with Crippen LogP contribution in [0.4, 0.5) is 17.3 Å². The minimum atomic E-state index is -6.00. The maximum Gasteiger partial charge on any atom is 0.673 e. The Balaban J connectivity index is 0.000000292. The molecule has 5 rings (SSSR count). The van der Waals surface area contributed by atoms with E-state index in [1.165, 1.54) is 30.6 Å². The first-order valence-electron chi connectivity index (χ1n) is 13.7. The van der Waals surface area contributed by atoms with E-state index in [1.807, 2.05) is 0 Å². The summed E-state index contributed by atoms with van der Waals surface area (Å²) >= 11 is 0. The minimum absolute atomic E-state index is 0. The first-order chi connectivity index (χ1) is 16.2. The second-order valence-corrected chi connectivity index (χ2v) is 20.3. The smallest absolute Gasteiger partial charge is 0.418 e. The average molecular weight is 642 g/mol. The Morgan fingerprint density at radius 3 is 1.19 bits per heavy atom. The van der Waals surface area contributed by atoms with Gasteiger partial charge in [-0.2, -0.15) is 0 Å². The van der Waals surface area contributed by atoms with Crippen molar-refractivity contribution in [1.29, 1.82) is 0 Å². The second-order valence-electron chi connectivity index (χ2n) is 12.7. The minimum Gasteiger partial charge on any atom is -0.418 e. The molecular weight excluding hydrogens is 592 g/mol. The van der Waals surface area contributed by atoms with Gasteiger partial charge in [-0.25, -0.2) is 0 Å². The van der Waals surface area contributed by atoms with Crippen molar-refractivity contribution in [1.82, 2.24) is 0 Å². The Morgan fingerprint density at radius 1 is 0.667 bits per heavy atom. The third-order valence-corrected chi connectivity index (χ3v) is 17.0. The van der Waals surface area contributed by atoms with E-state index >= 15 is 0 Å². The van der Waals surface area contributed by atoms with Gasteiger partial charge in [0.15, 0.2) is 0 Å². The zero-order valence-electron chi connectivity index (χ0n) is 23.2. The molecule has 4 atom stereocenters. The Labute approximate surface area is 233 Å². The molecule has 0 N–H and O–H groups in total. The van der Waals surface area contributed by atoms with Crippen LogP contribution in [0.5, 0.6) is 0 Å². The van der Waals surface area contributed by atoms with E-state index in [0.717, 1.165) is 25.0 Å². The number of hydrogen-bond donors (Lipinski definition) is 0. The standard InChI is InChI=1S/C16H32P2.C7H8.C4H8O.BF4.Rh/c1-15(2,3)17-11-7-9-13(17)14-10-8-12-18(14)16(4,5)6;1-2-7-4-3-6(1)5-7;1-2-4-5-3-1;2-1(3,4)5;/h13-14H,7-12H2,1-6H3;1-4,6-7H,5H2;1-4H2;;/q;;;-1;/p+2/t13-,14-,17?,18?;;;;/m1..../s1. The molecule has 213 valence electrons.